The van der Waals surface area contributed by atoms with Crippen molar-refractivity contribution in [2.24, 2.45) is 7.05 Å². The monoisotopic (exact) mass is 509 g/mol. The van der Waals surface area contributed by atoms with Gasteiger partial charge in [0.1, 0.15) is 18.2 Å². The SMILES string of the molecule is Cc1ccc2c(oc3c(-c4cccc5c4N(c4ccccc4)CCC5(C)C)cccc32)c1-c1cccc[n+]1C. The molecule has 0 atom stereocenters. The Hall–Kier alpha value is -4.37. The van der Waals surface area contributed by atoms with Crippen LogP contribution in [0.25, 0.3) is 44.3 Å². The Bertz CT molecular complexity index is 1860. The van der Waals surface area contributed by atoms with Crippen LogP contribution in [0.3, 0.4) is 0 Å². The van der Waals surface area contributed by atoms with Crippen LogP contribution in [0.2, 0.25) is 0 Å². The average molecular weight is 510 g/mol. The summed E-state index contributed by atoms with van der Waals surface area (Å²) in [4.78, 5) is 2.50. The third-order valence-electron chi connectivity index (χ3n) is 8.54. The Balaban J connectivity index is 1.53. The zero-order valence-electron chi connectivity index (χ0n) is 23.0. The first-order chi connectivity index (χ1) is 18.9. The van der Waals surface area contributed by atoms with Crippen LogP contribution in [0, 0.1) is 6.92 Å². The van der Waals surface area contributed by atoms with Crippen LogP contribution in [0.5, 0.6) is 0 Å². The number of fused-ring (bicyclic) bond motifs is 4. The molecular weight excluding hydrogens is 476 g/mol. The van der Waals surface area contributed by atoms with E-state index in [0.717, 1.165) is 51.7 Å². The van der Waals surface area contributed by atoms with Gasteiger partial charge in [-0.1, -0.05) is 80.6 Å². The number of anilines is 2. The first-order valence-corrected chi connectivity index (χ1v) is 13.8. The molecule has 2 aromatic heterocycles. The molecule has 0 aliphatic carbocycles. The Morgan fingerprint density at radius 1 is 0.744 bits per heavy atom. The third kappa shape index (κ3) is 3.68. The average Bonchev–Trinajstić information content (AvgIpc) is 3.33. The summed E-state index contributed by atoms with van der Waals surface area (Å²) in [7, 11) is 2.10. The number of aryl methyl sites for hydroxylation is 2. The minimum Gasteiger partial charge on any atom is -0.454 e. The predicted molar refractivity (Wildman–Crippen MR) is 162 cm³/mol. The van der Waals surface area contributed by atoms with E-state index in [4.69, 9.17) is 4.42 Å². The number of rotatable bonds is 3. The van der Waals surface area contributed by atoms with Gasteiger partial charge in [-0.05, 0) is 48.1 Å². The van der Waals surface area contributed by atoms with Gasteiger partial charge in [0.15, 0.2) is 6.20 Å². The molecule has 0 saturated heterocycles. The molecule has 39 heavy (non-hydrogen) atoms. The molecule has 0 bridgehead atoms. The van der Waals surface area contributed by atoms with Crippen LogP contribution in [0.15, 0.2) is 108 Å². The van der Waals surface area contributed by atoms with E-state index < -0.39 is 0 Å². The maximum atomic E-state index is 6.91. The molecule has 3 nitrogen and oxygen atoms in total. The van der Waals surface area contributed by atoms with Crippen molar-refractivity contribution < 1.29 is 8.98 Å². The Labute approximate surface area is 229 Å². The number of hydrogen-bond acceptors (Lipinski definition) is 2. The van der Waals surface area contributed by atoms with Gasteiger partial charge in [-0.3, -0.25) is 0 Å². The quantitative estimate of drug-likeness (QED) is 0.222. The number of benzene rings is 4. The van der Waals surface area contributed by atoms with Crippen LogP contribution in [0.4, 0.5) is 11.4 Å². The first-order valence-electron chi connectivity index (χ1n) is 13.8. The molecule has 3 heterocycles. The van der Waals surface area contributed by atoms with E-state index >= 15 is 0 Å². The fourth-order valence-corrected chi connectivity index (χ4v) is 6.38. The number of para-hydroxylation sites is 3. The van der Waals surface area contributed by atoms with Crippen molar-refractivity contribution in [3.63, 3.8) is 0 Å². The highest BCUT2D eigenvalue weighted by molar-refractivity contribution is 6.14. The standard InChI is InChI=1S/C36H33N2O/c1-24-19-20-29-28-16-10-15-27(34(28)39-35(29)32(24)31-18-8-9-22-37(31)4)26-14-11-17-30-33(26)38(23-21-36(30,2)3)25-12-6-5-7-13-25/h5-20,22H,21,23H2,1-4H3/q+1. The molecule has 4 aromatic carbocycles. The minimum absolute atomic E-state index is 0.0880. The number of pyridine rings is 1. The third-order valence-corrected chi connectivity index (χ3v) is 8.54. The van der Waals surface area contributed by atoms with E-state index in [1.807, 2.05) is 0 Å². The van der Waals surface area contributed by atoms with Crippen molar-refractivity contribution in [2.45, 2.75) is 32.6 Å². The van der Waals surface area contributed by atoms with Crippen molar-refractivity contribution in [3.05, 3.63) is 114 Å². The van der Waals surface area contributed by atoms with Crippen molar-refractivity contribution >= 4 is 33.3 Å². The molecule has 0 amide bonds. The van der Waals surface area contributed by atoms with E-state index in [2.05, 4.69) is 141 Å². The molecule has 0 N–H and O–H groups in total. The summed E-state index contributed by atoms with van der Waals surface area (Å²) in [6, 6.07) is 34.9. The zero-order valence-corrected chi connectivity index (χ0v) is 23.0. The van der Waals surface area contributed by atoms with E-state index in [1.165, 1.54) is 28.1 Å². The van der Waals surface area contributed by atoms with Crippen molar-refractivity contribution in [1.82, 2.24) is 0 Å². The fraction of sp³-hybridized carbons (Fsp3) is 0.194. The van der Waals surface area contributed by atoms with Gasteiger partial charge >= 0.3 is 0 Å². The van der Waals surface area contributed by atoms with Crippen molar-refractivity contribution in [3.8, 4) is 22.4 Å². The molecule has 0 unspecified atom stereocenters. The molecule has 7 rings (SSSR count). The summed E-state index contributed by atoms with van der Waals surface area (Å²) in [5.74, 6) is 0. The van der Waals surface area contributed by atoms with Crippen LogP contribution in [-0.4, -0.2) is 6.54 Å². The van der Waals surface area contributed by atoms with Gasteiger partial charge in [-0.2, -0.15) is 0 Å². The maximum Gasteiger partial charge on any atom is 0.216 e. The lowest BCUT2D eigenvalue weighted by Gasteiger charge is -2.41. The largest absolute Gasteiger partial charge is 0.454 e. The van der Waals surface area contributed by atoms with Gasteiger partial charge in [0.05, 0.1) is 11.3 Å². The summed E-state index contributed by atoms with van der Waals surface area (Å²) >= 11 is 0. The Kier molecular flexibility index (Phi) is 5.38. The first kappa shape index (κ1) is 23.7. The highest BCUT2D eigenvalue weighted by Crippen LogP contribution is 2.49. The molecular formula is C36H33N2O+. The van der Waals surface area contributed by atoms with Gasteiger partial charge in [0.25, 0.3) is 0 Å². The maximum absolute atomic E-state index is 6.91. The lowest BCUT2D eigenvalue weighted by molar-refractivity contribution is -0.660. The van der Waals surface area contributed by atoms with Gasteiger partial charge in [-0.25, -0.2) is 4.57 Å². The smallest absolute Gasteiger partial charge is 0.216 e. The van der Waals surface area contributed by atoms with Gasteiger partial charge in [0.2, 0.25) is 5.69 Å². The molecule has 0 saturated carbocycles. The molecule has 1 aliphatic heterocycles. The second-order valence-corrected chi connectivity index (χ2v) is 11.4. The van der Waals surface area contributed by atoms with Crippen LogP contribution in [0.1, 0.15) is 31.4 Å². The molecule has 6 aromatic rings. The van der Waals surface area contributed by atoms with Crippen molar-refractivity contribution in [1.29, 1.82) is 0 Å². The summed E-state index contributed by atoms with van der Waals surface area (Å²) in [6.45, 7) is 7.89. The minimum atomic E-state index is 0.0880. The lowest BCUT2D eigenvalue weighted by Crippen LogP contribution is -2.34. The van der Waals surface area contributed by atoms with Gasteiger partial charge < -0.3 is 9.32 Å². The van der Waals surface area contributed by atoms with Crippen LogP contribution in [-0.2, 0) is 12.5 Å². The van der Waals surface area contributed by atoms with E-state index in [-0.39, 0.29) is 5.41 Å². The number of furan rings is 1. The fourth-order valence-electron chi connectivity index (χ4n) is 6.38. The highest BCUT2D eigenvalue weighted by atomic mass is 16.3. The highest BCUT2D eigenvalue weighted by Gasteiger charge is 2.34. The molecule has 0 fully saturated rings. The van der Waals surface area contributed by atoms with E-state index in [0.29, 0.717) is 0 Å². The second kappa shape index (κ2) is 8.84. The topological polar surface area (TPSA) is 20.3 Å². The van der Waals surface area contributed by atoms with Crippen LogP contribution >= 0.6 is 0 Å². The molecule has 0 radical (unpaired) electrons. The second-order valence-electron chi connectivity index (χ2n) is 11.4. The summed E-state index contributed by atoms with van der Waals surface area (Å²) in [6.07, 6.45) is 3.20. The lowest BCUT2D eigenvalue weighted by atomic mass is 9.76. The summed E-state index contributed by atoms with van der Waals surface area (Å²) < 4.78 is 9.08. The summed E-state index contributed by atoms with van der Waals surface area (Å²) in [5, 5.41) is 2.31. The normalized spacial score (nSPS) is 14.6. The Morgan fingerprint density at radius 3 is 2.31 bits per heavy atom. The zero-order chi connectivity index (χ0) is 26.7. The number of nitrogens with zero attached hydrogens (tertiary/aromatic N) is 2. The Morgan fingerprint density at radius 2 is 1.49 bits per heavy atom. The van der Waals surface area contributed by atoms with Crippen LogP contribution < -0.4 is 9.47 Å². The van der Waals surface area contributed by atoms with Gasteiger partial charge in [0, 0.05) is 46.3 Å². The molecule has 3 heteroatoms. The summed E-state index contributed by atoms with van der Waals surface area (Å²) in [5.41, 5.74) is 11.8. The number of aromatic nitrogens is 1. The predicted octanol–water partition coefficient (Wildman–Crippen LogP) is 8.87. The van der Waals surface area contributed by atoms with Gasteiger partial charge in [-0.15, -0.1) is 0 Å². The van der Waals surface area contributed by atoms with E-state index in [9.17, 15) is 0 Å². The molecule has 0 spiro atoms. The molecule has 192 valence electrons. The number of hydrogen-bond donors (Lipinski definition) is 0. The van der Waals surface area contributed by atoms with Crippen molar-refractivity contribution in [2.75, 3.05) is 11.4 Å². The van der Waals surface area contributed by atoms with E-state index in [1.54, 1.807) is 0 Å². The molecule has 1 aliphatic rings.